The molecule has 4 nitrogen and oxygen atoms in total. The summed E-state index contributed by atoms with van der Waals surface area (Å²) in [5, 5.41) is 3.08. The molecule has 0 aromatic heterocycles. The quantitative estimate of drug-likeness (QED) is 0.620. The molecule has 1 saturated heterocycles. The fraction of sp³-hybridized carbons (Fsp3) is 0.500. The Balaban J connectivity index is 2.34. The Morgan fingerprint density at radius 2 is 2.06 bits per heavy atom. The Morgan fingerprint density at radius 1 is 1.39 bits per heavy atom. The second-order valence-corrected chi connectivity index (χ2v) is 4.96. The number of nitrogens with two attached hydrogens (primary N) is 1. The predicted molar refractivity (Wildman–Crippen MR) is 77.3 cm³/mol. The van der Waals surface area contributed by atoms with Crippen molar-refractivity contribution in [2.24, 2.45) is 5.92 Å². The molecule has 96 valence electrons. The van der Waals surface area contributed by atoms with Gasteiger partial charge in [-0.1, -0.05) is 6.92 Å². The molecule has 1 aliphatic heterocycles. The normalized spacial score (nSPS) is 16.4. The fourth-order valence-electron chi connectivity index (χ4n) is 2.40. The first-order chi connectivity index (χ1) is 8.65. The molecule has 0 amide bonds. The molecule has 18 heavy (non-hydrogen) atoms. The summed E-state index contributed by atoms with van der Waals surface area (Å²) < 4.78 is 0. The molecule has 1 aromatic rings. The van der Waals surface area contributed by atoms with Crippen LogP contribution in [0.1, 0.15) is 19.8 Å². The van der Waals surface area contributed by atoms with Crippen LogP contribution < -0.4 is 16.0 Å². The van der Waals surface area contributed by atoms with Gasteiger partial charge in [0, 0.05) is 31.5 Å². The number of rotatable bonds is 2. The minimum Gasteiger partial charge on any atom is -0.398 e. The molecule has 1 aliphatic rings. The first-order valence-corrected chi connectivity index (χ1v) is 6.39. The molecular formula is C14H20N4. The Hall–Kier alpha value is -1.89. The predicted octanol–water partition coefficient (Wildman–Crippen LogP) is 3.10. The third-order valence-corrected chi connectivity index (χ3v) is 3.66. The number of hydrogen-bond acceptors (Lipinski definition) is 3. The molecule has 4 heteroatoms. The lowest BCUT2D eigenvalue weighted by molar-refractivity contribution is 0.439. The van der Waals surface area contributed by atoms with E-state index in [1.807, 2.05) is 13.1 Å². The first kappa shape index (κ1) is 12.6. The summed E-state index contributed by atoms with van der Waals surface area (Å²) in [6.07, 6.45) is 2.38. The molecule has 2 rings (SSSR count). The molecule has 3 N–H and O–H groups in total. The summed E-state index contributed by atoms with van der Waals surface area (Å²) >= 11 is 0. The van der Waals surface area contributed by atoms with Crippen molar-refractivity contribution in [2.45, 2.75) is 19.8 Å². The van der Waals surface area contributed by atoms with Gasteiger partial charge in [0.1, 0.15) is 0 Å². The summed E-state index contributed by atoms with van der Waals surface area (Å²) in [7, 11) is 1.85. The lowest BCUT2D eigenvalue weighted by Crippen LogP contribution is -2.32. The van der Waals surface area contributed by atoms with E-state index in [9.17, 15) is 0 Å². The van der Waals surface area contributed by atoms with Gasteiger partial charge in [-0.25, -0.2) is 4.85 Å². The van der Waals surface area contributed by atoms with Crippen molar-refractivity contribution in [3.8, 4) is 0 Å². The van der Waals surface area contributed by atoms with E-state index in [0.717, 1.165) is 30.4 Å². The summed E-state index contributed by atoms with van der Waals surface area (Å²) in [5.74, 6) is 0.787. The van der Waals surface area contributed by atoms with Gasteiger partial charge in [-0.2, -0.15) is 0 Å². The molecule has 0 bridgehead atoms. The van der Waals surface area contributed by atoms with Crippen LogP contribution in [0.25, 0.3) is 4.85 Å². The van der Waals surface area contributed by atoms with Crippen LogP contribution in [-0.2, 0) is 0 Å². The van der Waals surface area contributed by atoms with Crippen LogP contribution in [0.2, 0.25) is 0 Å². The monoisotopic (exact) mass is 244 g/mol. The van der Waals surface area contributed by atoms with E-state index in [2.05, 4.69) is 22.0 Å². The van der Waals surface area contributed by atoms with E-state index in [4.69, 9.17) is 12.3 Å². The van der Waals surface area contributed by atoms with Crippen molar-refractivity contribution in [2.75, 3.05) is 36.1 Å². The highest BCUT2D eigenvalue weighted by molar-refractivity contribution is 5.83. The largest absolute Gasteiger partial charge is 0.398 e. The number of piperidine rings is 1. The summed E-state index contributed by atoms with van der Waals surface area (Å²) in [6.45, 7) is 11.6. The number of anilines is 3. The van der Waals surface area contributed by atoms with Crippen molar-refractivity contribution < 1.29 is 0 Å². The van der Waals surface area contributed by atoms with Crippen molar-refractivity contribution in [3.63, 3.8) is 0 Å². The Morgan fingerprint density at radius 3 is 2.61 bits per heavy atom. The number of benzene rings is 1. The van der Waals surface area contributed by atoms with Gasteiger partial charge in [-0.05, 0) is 30.9 Å². The SMILES string of the molecule is [C-]#[N+]c1cc(N)c(NC)cc1N1CCC(C)CC1. The Labute approximate surface area is 109 Å². The number of nitrogens with zero attached hydrogens (tertiary/aromatic N) is 2. The fourth-order valence-corrected chi connectivity index (χ4v) is 2.40. The minimum absolute atomic E-state index is 0.637. The van der Waals surface area contributed by atoms with E-state index in [-0.39, 0.29) is 0 Å². The maximum Gasteiger partial charge on any atom is 0.211 e. The Kier molecular flexibility index (Phi) is 3.61. The van der Waals surface area contributed by atoms with Gasteiger partial charge in [0.05, 0.1) is 12.3 Å². The lowest BCUT2D eigenvalue weighted by Gasteiger charge is -2.33. The zero-order chi connectivity index (χ0) is 13.1. The lowest BCUT2D eigenvalue weighted by atomic mass is 9.98. The van der Waals surface area contributed by atoms with Gasteiger partial charge >= 0.3 is 0 Å². The van der Waals surface area contributed by atoms with Crippen LogP contribution in [0, 0.1) is 12.5 Å². The topological polar surface area (TPSA) is 45.6 Å². The number of hydrogen-bond donors (Lipinski definition) is 2. The van der Waals surface area contributed by atoms with E-state index in [1.165, 1.54) is 12.8 Å². The average molecular weight is 244 g/mol. The Bertz CT molecular complexity index is 467. The first-order valence-electron chi connectivity index (χ1n) is 6.39. The highest BCUT2D eigenvalue weighted by Gasteiger charge is 2.19. The third kappa shape index (κ3) is 2.35. The highest BCUT2D eigenvalue weighted by Crippen LogP contribution is 2.37. The van der Waals surface area contributed by atoms with Gasteiger partial charge < -0.3 is 16.0 Å². The summed E-state index contributed by atoms with van der Waals surface area (Å²) in [5.41, 5.74) is 9.10. The molecule has 0 atom stereocenters. The average Bonchev–Trinajstić information content (AvgIpc) is 2.39. The van der Waals surface area contributed by atoms with Crippen LogP contribution in [0.5, 0.6) is 0 Å². The van der Waals surface area contributed by atoms with Gasteiger partial charge in [0.2, 0.25) is 5.69 Å². The second-order valence-electron chi connectivity index (χ2n) is 4.96. The standard InChI is InChI=1S/C14H20N4/c1-10-4-6-18(7-5-10)14-9-12(16-2)11(15)8-13(14)17-3/h8-10,16H,4-7,15H2,1-2H3. The highest BCUT2D eigenvalue weighted by atomic mass is 15.1. The van der Waals surface area contributed by atoms with E-state index < -0.39 is 0 Å². The molecule has 1 fully saturated rings. The van der Waals surface area contributed by atoms with E-state index >= 15 is 0 Å². The van der Waals surface area contributed by atoms with Crippen LogP contribution in [0.3, 0.4) is 0 Å². The molecule has 0 unspecified atom stereocenters. The van der Waals surface area contributed by atoms with E-state index in [0.29, 0.717) is 11.4 Å². The van der Waals surface area contributed by atoms with Gasteiger partial charge in [-0.3, -0.25) is 0 Å². The third-order valence-electron chi connectivity index (χ3n) is 3.66. The molecule has 0 radical (unpaired) electrons. The van der Waals surface area contributed by atoms with Crippen molar-refractivity contribution in [1.29, 1.82) is 0 Å². The second kappa shape index (κ2) is 5.18. The maximum absolute atomic E-state index is 7.29. The van der Waals surface area contributed by atoms with Crippen LogP contribution in [-0.4, -0.2) is 20.1 Å². The van der Waals surface area contributed by atoms with Gasteiger partial charge in [-0.15, -0.1) is 0 Å². The van der Waals surface area contributed by atoms with Gasteiger partial charge in [0.15, 0.2) is 0 Å². The van der Waals surface area contributed by atoms with Gasteiger partial charge in [0.25, 0.3) is 0 Å². The molecule has 0 aliphatic carbocycles. The van der Waals surface area contributed by atoms with Crippen molar-refractivity contribution in [3.05, 3.63) is 23.5 Å². The number of nitrogens with one attached hydrogen (secondary N) is 1. The van der Waals surface area contributed by atoms with Crippen molar-refractivity contribution >= 4 is 22.7 Å². The van der Waals surface area contributed by atoms with Crippen LogP contribution in [0.4, 0.5) is 22.7 Å². The summed E-state index contributed by atoms with van der Waals surface area (Å²) in [6, 6.07) is 3.77. The molecular weight excluding hydrogens is 224 g/mol. The summed E-state index contributed by atoms with van der Waals surface area (Å²) in [4.78, 5) is 5.90. The molecule has 0 saturated carbocycles. The molecule has 1 aromatic carbocycles. The van der Waals surface area contributed by atoms with Crippen molar-refractivity contribution in [1.82, 2.24) is 0 Å². The zero-order valence-electron chi connectivity index (χ0n) is 11.0. The zero-order valence-corrected chi connectivity index (χ0v) is 11.0. The number of nitrogen functional groups attached to an aromatic ring is 1. The smallest absolute Gasteiger partial charge is 0.211 e. The van der Waals surface area contributed by atoms with Crippen LogP contribution >= 0.6 is 0 Å². The maximum atomic E-state index is 7.29. The molecule has 0 spiro atoms. The van der Waals surface area contributed by atoms with Crippen LogP contribution in [0.15, 0.2) is 12.1 Å². The molecule has 1 heterocycles. The van der Waals surface area contributed by atoms with E-state index in [1.54, 1.807) is 6.07 Å². The minimum atomic E-state index is 0.637.